The highest BCUT2D eigenvalue weighted by molar-refractivity contribution is 6.30. The highest BCUT2D eigenvalue weighted by atomic mass is 35.5. The minimum atomic E-state index is -0.189. The topological polar surface area (TPSA) is 128 Å². The van der Waals surface area contributed by atoms with Crippen molar-refractivity contribution in [1.82, 2.24) is 15.2 Å². The van der Waals surface area contributed by atoms with Gasteiger partial charge in [0, 0.05) is 60.8 Å². The van der Waals surface area contributed by atoms with E-state index in [9.17, 15) is 14.4 Å². The van der Waals surface area contributed by atoms with Gasteiger partial charge in [-0.3, -0.25) is 24.2 Å². The Balaban J connectivity index is 0.000000564. The fraction of sp³-hybridized carbons (Fsp3) is 0.375. The Hall–Kier alpha value is -4.84. The zero-order chi connectivity index (χ0) is 37.9. The fourth-order valence-corrected chi connectivity index (χ4v) is 5.42. The van der Waals surface area contributed by atoms with Gasteiger partial charge in [-0.15, -0.1) is 0 Å². The van der Waals surface area contributed by atoms with Crippen LogP contribution in [0.3, 0.4) is 0 Å². The van der Waals surface area contributed by atoms with Gasteiger partial charge in [-0.2, -0.15) is 5.10 Å². The summed E-state index contributed by atoms with van der Waals surface area (Å²) in [5, 5.41) is 11.6. The number of ketones is 1. The number of hydrogen-bond acceptors (Lipinski definition) is 10. The Kier molecular flexibility index (Phi) is 17.7. The molecule has 0 aromatic heterocycles. The fourth-order valence-electron chi connectivity index (χ4n) is 5.29. The smallest absolute Gasteiger partial charge is 0.263 e. The van der Waals surface area contributed by atoms with Crippen LogP contribution in [-0.4, -0.2) is 99.2 Å². The maximum absolute atomic E-state index is 14.5. The molecule has 0 aliphatic carbocycles. The second-order valence-electron chi connectivity index (χ2n) is 12.5. The number of piperazine rings is 1. The third kappa shape index (κ3) is 13.4. The summed E-state index contributed by atoms with van der Waals surface area (Å²) < 4.78 is 11.2. The molecule has 3 aromatic carbocycles. The number of halogens is 1. The van der Waals surface area contributed by atoms with E-state index >= 15 is 0 Å². The van der Waals surface area contributed by atoms with E-state index in [1.807, 2.05) is 45.0 Å². The van der Waals surface area contributed by atoms with Crippen molar-refractivity contribution in [2.75, 3.05) is 57.8 Å². The van der Waals surface area contributed by atoms with Gasteiger partial charge in [0.1, 0.15) is 18.1 Å². The minimum Gasteiger partial charge on any atom is -0.489 e. The summed E-state index contributed by atoms with van der Waals surface area (Å²) in [5.41, 5.74) is 6.00. The second-order valence-corrected chi connectivity index (χ2v) is 12.9. The SMILES string of the molecule is CCC/C=C(\CN1CCN(C)CC1)N(C(=O)c1ccccc1C)c1cc(C(=O)CN/N=C\C=N)ccc1OC(C)C.O=CCOc1ccc(Cl)cc1. The number of nitrogens with zero attached hydrogens (tertiary/aromatic N) is 4. The minimum absolute atomic E-state index is 0.0419. The van der Waals surface area contributed by atoms with Gasteiger partial charge >= 0.3 is 0 Å². The number of unbranched alkanes of at least 4 members (excludes halogenated alkanes) is 1. The molecule has 4 rings (SSSR count). The number of anilines is 1. The molecular formula is C40H51ClN6O5. The van der Waals surface area contributed by atoms with Gasteiger partial charge in [-0.05, 0) is 88.3 Å². The van der Waals surface area contributed by atoms with Gasteiger partial charge in [0.2, 0.25) is 0 Å². The highest BCUT2D eigenvalue weighted by Crippen LogP contribution is 2.35. The second kappa shape index (κ2) is 22.2. The number of allylic oxidation sites excluding steroid dienone is 1. The molecule has 1 heterocycles. The van der Waals surface area contributed by atoms with Gasteiger partial charge in [0.15, 0.2) is 12.1 Å². The molecule has 0 atom stereocenters. The van der Waals surface area contributed by atoms with Crippen molar-refractivity contribution >= 4 is 47.7 Å². The first kappa shape index (κ1) is 41.6. The summed E-state index contributed by atoms with van der Waals surface area (Å²) in [6.07, 6.45) is 6.77. The molecule has 278 valence electrons. The van der Waals surface area contributed by atoms with E-state index in [0.29, 0.717) is 46.2 Å². The molecule has 1 aliphatic rings. The largest absolute Gasteiger partial charge is 0.489 e. The number of carbonyl (C=O) groups excluding carboxylic acids is 3. The van der Waals surface area contributed by atoms with Crippen LogP contribution in [0.25, 0.3) is 0 Å². The highest BCUT2D eigenvalue weighted by Gasteiger charge is 2.29. The number of nitrogens with one attached hydrogen (secondary N) is 2. The number of hydrogen-bond donors (Lipinski definition) is 2. The maximum atomic E-state index is 14.5. The van der Waals surface area contributed by atoms with E-state index in [4.69, 9.17) is 26.5 Å². The van der Waals surface area contributed by atoms with Crippen LogP contribution in [0.5, 0.6) is 11.5 Å². The molecule has 1 saturated heterocycles. The number of aldehydes is 1. The van der Waals surface area contributed by atoms with Crippen molar-refractivity contribution in [2.24, 2.45) is 5.10 Å². The van der Waals surface area contributed by atoms with Crippen LogP contribution in [-0.2, 0) is 4.79 Å². The number of Topliss-reactive ketones (excluding diaryl/α,β-unsaturated/α-hetero) is 1. The molecule has 1 aliphatic heterocycles. The van der Waals surface area contributed by atoms with E-state index < -0.39 is 0 Å². The van der Waals surface area contributed by atoms with Crippen LogP contribution >= 0.6 is 11.6 Å². The molecule has 0 spiro atoms. The molecule has 52 heavy (non-hydrogen) atoms. The summed E-state index contributed by atoms with van der Waals surface area (Å²) >= 11 is 5.62. The standard InChI is InChI=1S/C32H44N6O3.C8H7ClO2/c1-6-7-11-27(23-37-19-17-36(5)18-20-37)38(32(40)28-12-9-8-10-25(28)4)29-21-26(13-14-31(29)41-24(2)3)30(39)22-35-34-16-15-33;9-7-1-3-8(4-2-7)11-6-5-10/h8-16,21,24,33,35H,6-7,17-20,22-23H2,1-5H3;1-5H,6H2/b27-11+,33-15?,34-16-;. The van der Waals surface area contributed by atoms with E-state index in [0.717, 1.165) is 56.5 Å². The molecular weight excluding hydrogens is 680 g/mol. The van der Waals surface area contributed by atoms with Crippen LogP contribution in [0.4, 0.5) is 5.69 Å². The molecule has 1 amide bonds. The molecule has 2 N–H and O–H groups in total. The molecule has 12 heteroatoms. The first-order valence-corrected chi connectivity index (χ1v) is 17.9. The zero-order valence-corrected chi connectivity index (χ0v) is 31.6. The van der Waals surface area contributed by atoms with Crippen molar-refractivity contribution in [3.05, 3.63) is 100 Å². The monoisotopic (exact) mass is 730 g/mol. The van der Waals surface area contributed by atoms with Crippen LogP contribution in [0, 0.1) is 12.3 Å². The van der Waals surface area contributed by atoms with Crippen LogP contribution in [0.1, 0.15) is 59.9 Å². The van der Waals surface area contributed by atoms with Gasteiger partial charge < -0.3 is 25.2 Å². The maximum Gasteiger partial charge on any atom is 0.263 e. The predicted octanol–water partition coefficient (Wildman–Crippen LogP) is 6.69. The number of benzene rings is 3. The third-order valence-corrected chi connectivity index (χ3v) is 8.26. The van der Waals surface area contributed by atoms with Gasteiger partial charge in [0.05, 0.1) is 24.6 Å². The van der Waals surface area contributed by atoms with Gasteiger partial charge in [-0.25, -0.2) is 0 Å². The average molecular weight is 731 g/mol. The Morgan fingerprint density at radius 3 is 2.40 bits per heavy atom. The lowest BCUT2D eigenvalue weighted by Gasteiger charge is -2.36. The van der Waals surface area contributed by atoms with Crippen molar-refractivity contribution in [3.8, 4) is 11.5 Å². The quantitative estimate of drug-likeness (QED) is 0.0682. The molecule has 0 bridgehead atoms. The lowest BCUT2D eigenvalue weighted by Crippen LogP contribution is -2.47. The molecule has 0 saturated carbocycles. The number of rotatable bonds is 17. The molecule has 1 fully saturated rings. The number of hydrazone groups is 1. The van der Waals surface area contributed by atoms with E-state index in [1.54, 1.807) is 47.4 Å². The normalized spacial score (nSPS) is 13.6. The number of carbonyl (C=O) groups is 3. The number of aryl methyl sites for hydroxylation is 1. The Bertz CT molecular complexity index is 1670. The van der Waals surface area contributed by atoms with E-state index in [2.05, 4.69) is 40.4 Å². The number of likely N-dealkylation sites (N-methyl/N-ethyl adjacent to an activating group) is 1. The summed E-state index contributed by atoms with van der Waals surface area (Å²) in [4.78, 5) is 44.0. The summed E-state index contributed by atoms with van der Waals surface area (Å²) in [7, 11) is 2.13. The number of ether oxygens (including phenoxy) is 2. The summed E-state index contributed by atoms with van der Waals surface area (Å²) in [6.45, 7) is 12.3. The van der Waals surface area contributed by atoms with Crippen LogP contribution in [0.15, 0.2) is 83.6 Å². The van der Waals surface area contributed by atoms with Crippen molar-refractivity contribution in [2.45, 2.75) is 46.6 Å². The lowest BCUT2D eigenvalue weighted by atomic mass is 10.0. The zero-order valence-electron chi connectivity index (χ0n) is 30.8. The summed E-state index contributed by atoms with van der Waals surface area (Å²) in [5.74, 6) is 0.841. The van der Waals surface area contributed by atoms with Crippen LogP contribution < -0.4 is 19.8 Å². The predicted molar refractivity (Wildman–Crippen MR) is 210 cm³/mol. The van der Waals surface area contributed by atoms with Gasteiger partial charge in [0.25, 0.3) is 5.91 Å². The number of amides is 1. The third-order valence-electron chi connectivity index (χ3n) is 8.01. The molecule has 11 nitrogen and oxygen atoms in total. The molecule has 0 unspecified atom stereocenters. The van der Waals surface area contributed by atoms with Crippen molar-refractivity contribution in [1.29, 1.82) is 5.41 Å². The van der Waals surface area contributed by atoms with E-state index in [-0.39, 0.29) is 30.9 Å². The Morgan fingerprint density at radius 1 is 1.06 bits per heavy atom. The van der Waals surface area contributed by atoms with Crippen molar-refractivity contribution in [3.63, 3.8) is 0 Å². The first-order chi connectivity index (χ1) is 25.1. The Morgan fingerprint density at radius 2 is 1.77 bits per heavy atom. The summed E-state index contributed by atoms with van der Waals surface area (Å²) in [6, 6.07) is 19.7. The lowest BCUT2D eigenvalue weighted by molar-refractivity contribution is -0.109. The molecule has 3 aromatic rings. The Labute approximate surface area is 312 Å². The first-order valence-electron chi connectivity index (χ1n) is 17.5. The average Bonchev–Trinajstić information content (AvgIpc) is 3.13. The van der Waals surface area contributed by atoms with Crippen molar-refractivity contribution < 1.29 is 23.9 Å². The van der Waals surface area contributed by atoms with E-state index in [1.165, 1.54) is 6.21 Å². The van der Waals surface area contributed by atoms with Gasteiger partial charge in [-0.1, -0.05) is 49.2 Å². The molecule has 0 radical (unpaired) electrons. The van der Waals surface area contributed by atoms with Crippen LogP contribution in [0.2, 0.25) is 5.02 Å².